The second-order valence-corrected chi connectivity index (χ2v) is 7.56. The number of rotatable bonds is 5. The van der Waals surface area contributed by atoms with E-state index in [4.69, 9.17) is 17.0 Å². The molecule has 2 aromatic carbocycles. The quantitative estimate of drug-likeness (QED) is 0.433. The molecule has 1 fully saturated rings. The molecule has 0 spiro atoms. The van der Waals surface area contributed by atoms with Gasteiger partial charge in [-0.15, -0.1) is 0 Å². The summed E-state index contributed by atoms with van der Waals surface area (Å²) in [5, 5.41) is 6.44. The van der Waals surface area contributed by atoms with Crippen molar-refractivity contribution in [1.82, 2.24) is 16.2 Å². The molecular formula is C22H26N4O3S. The van der Waals surface area contributed by atoms with Crippen LogP contribution in [0.4, 0.5) is 5.69 Å². The minimum atomic E-state index is -0.309. The summed E-state index contributed by atoms with van der Waals surface area (Å²) in [7, 11) is 1.57. The monoisotopic (exact) mass is 426 g/mol. The first-order valence-electron chi connectivity index (χ1n) is 9.97. The number of nitrogens with one attached hydrogen (secondary N) is 4. The Morgan fingerprint density at radius 3 is 2.10 bits per heavy atom. The van der Waals surface area contributed by atoms with Gasteiger partial charge in [0.25, 0.3) is 11.8 Å². The molecule has 7 nitrogen and oxygen atoms in total. The molecule has 1 saturated carbocycles. The summed E-state index contributed by atoms with van der Waals surface area (Å²) < 4.78 is 5.09. The molecule has 158 valence electrons. The zero-order valence-corrected chi connectivity index (χ0v) is 17.7. The summed E-state index contributed by atoms with van der Waals surface area (Å²) in [6, 6.07) is 13.8. The van der Waals surface area contributed by atoms with E-state index in [1.54, 1.807) is 55.6 Å². The fraction of sp³-hybridized carbons (Fsp3) is 0.318. The number of ether oxygens (including phenoxy) is 1. The first kappa shape index (κ1) is 21.6. The maximum Gasteiger partial charge on any atom is 0.269 e. The van der Waals surface area contributed by atoms with Crippen molar-refractivity contribution in [2.75, 3.05) is 12.4 Å². The van der Waals surface area contributed by atoms with E-state index in [9.17, 15) is 9.59 Å². The fourth-order valence-electron chi connectivity index (χ4n) is 3.30. The molecule has 1 aliphatic rings. The Bertz CT molecular complexity index is 878. The van der Waals surface area contributed by atoms with Gasteiger partial charge in [-0.1, -0.05) is 19.3 Å². The molecular weight excluding hydrogens is 400 g/mol. The summed E-state index contributed by atoms with van der Waals surface area (Å²) in [5.74, 6) is 0.135. The number of hydrazine groups is 1. The van der Waals surface area contributed by atoms with E-state index < -0.39 is 0 Å². The minimum Gasteiger partial charge on any atom is -0.497 e. The van der Waals surface area contributed by atoms with Crippen molar-refractivity contribution in [1.29, 1.82) is 0 Å². The van der Waals surface area contributed by atoms with Crippen LogP contribution >= 0.6 is 12.2 Å². The molecule has 4 N–H and O–H groups in total. The standard InChI is InChI=1S/C22H26N4O3S/c1-29-19-13-9-15(10-14-19)20(27)23-18-11-7-16(8-12-18)21(28)25-26-22(30)24-17-5-3-2-4-6-17/h7-14,17H,2-6H2,1H3,(H,23,27)(H,25,28)(H2,24,26,30). The summed E-state index contributed by atoms with van der Waals surface area (Å²) in [4.78, 5) is 24.6. The molecule has 0 saturated heterocycles. The number of carbonyl (C=O) groups is 2. The lowest BCUT2D eigenvalue weighted by Crippen LogP contribution is -2.50. The molecule has 2 aromatic rings. The average Bonchev–Trinajstić information content (AvgIpc) is 2.78. The van der Waals surface area contributed by atoms with Crippen molar-refractivity contribution in [3.8, 4) is 5.75 Å². The summed E-state index contributed by atoms with van der Waals surface area (Å²) in [6.07, 6.45) is 5.87. The Balaban J connectivity index is 1.47. The van der Waals surface area contributed by atoms with Crippen LogP contribution in [-0.2, 0) is 0 Å². The largest absolute Gasteiger partial charge is 0.497 e. The van der Waals surface area contributed by atoms with Gasteiger partial charge in [0.1, 0.15) is 5.75 Å². The van der Waals surface area contributed by atoms with E-state index in [0.717, 1.165) is 12.8 Å². The normalized spacial score (nSPS) is 13.8. The second kappa shape index (κ2) is 10.6. The molecule has 3 rings (SSSR count). The van der Waals surface area contributed by atoms with Crippen molar-refractivity contribution in [2.24, 2.45) is 0 Å². The SMILES string of the molecule is COc1ccc(C(=O)Nc2ccc(C(=O)NNC(=S)NC3CCCCC3)cc2)cc1. The van der Waals surface area contributed by atoms with Crippen molar-refractivity contribution in [3.63, 3.8) is 0 Å². The maximum absolute atomic E-state index is 12.3. The zero-order chi connectivity index (χ0) is 21.3. The number of carbonyl (C=O) groups excluding carboxylic acids is 2. The molecule has 0 unspecified atom stereocenters. The lowest BCUT2D eigenvalue weighted by Gasteiger charge is -2.24. The van der Waals surface area contributed by atoms with Crippen LogP contribution in [0.5, 0.6) is 5.75 Å². The van der Waals surface area contributed by atoms with E-state index in [0.29, 0.717) is 33.7 Å². The lowest BCUT2D eigenvalue weighted by atomic mass is 9.96. The summed E-state index contributed by atoms with van der Waals surface area (Å²) in [5.41, 5.74) is 6.90. The van der Waals surface area contributed by atoms with Crippen molar-refractivity contribution in [2.45, 2.75) is 38.1 Å². The molecule has 0 aliphatic heterocycles. The first-order chi connectivity index (χ1) is 14.5. The maximum atomic E-state index is 12.3. The van der Waals surface area contributed by atoms with Gasteiger partial charge in [0.2, 0.25) is 0 Å². The average molecular weight is 427 g/mol. The molecule has 0 radical (unpaired) electrons. The third-order valence-electron chi connectivity index (χ3n) is 4.99. The number of hydrogen-bond donors (Lipinski definition) is 4. The number of anilines is 1. The van der Waals surface area contributed by atoms with Crippen molar-refractivity contribution >= 4 is 34.8 Å². The number of thiocarbonyl (C=S) groups is 1. The smallest absolute Gasteiger partial charge is 0.269 e. The van der Waals surface area contributed by atoms with Gasteiger partial charge < -0.3 is 15.4 Å². The van der Waals surface area contributed by atoms with Crippen LogP contribution in [0.1, 0.15) is 52.8 Å². The number of methoxy groups -OCH3 is 1. The van der Waals surface area contributed by atoms with Gasteiger partial charge in [-0.25, -0.2) is 0 Å². The van der Waals surface area contributed by atoms with Gasteiger partial charge in [-0.2, -0.15) is 0 Å². The van der Waals surface area contributed by atoms with Crippen molar-refractivity contribution in [3.05, 3.63) is 59.7 Å². The molecule has 0 aromatic heterocycles. The predicted molar refractivity (Wildman–Crippen MR) is 121 cm³/mol. The summed E-state index contributed by atoms with van der Waals surface area (Å²) in [6.45, 7) is 0. The Kier molecular flexibility index (Phi) is 7.62. The van der Waals surface area contributed by atoms with Gasteiger partial charge >= 0.3 is 0 Å². The van der Waals surface area contributed by atoms with Crippen LogP contribution < -0.4 is 26.2 Å². The van der Waals surface area contributed by atoms with E-state index >= 15 is 0 Å². The Labute approximate surface area is 181 Å². The summed E-state index contributed by atoms with van der Waals surface area (Å²) >= 11 is 5.24. The molecule has 1 aliphatic carbocycles. The Morgan fingerprint density at radius 1 is 0.867 bits per heavy atom. The van der Waals surface area contributed by atoms with Gasteiger partial charge in [0.15, 0.2) is 5.11 Å². The molecule has 8 heteroatoms. The van der Waals surface area contributed by atoms with E-state index in [1.807, 2.05) is 0 Å². The van der Waals surface area contributed by atoms with Gasteiger partial charge in [0, 0.05) is 22.9 Å². The lowest BCUT2D eigenvalue weighted by molar-refractivity contribution is 0.0943. The molecule has 30 heavy (non-hydrogen) atoms. The molecule has 0 heterocycles. The number of benzene rings is 2. The van der Waals surface area contributed by atoms with Crippen molar-refractivity contribution < 1.29 is 14.3 Å². The highest BCUT2D eigenvalue weighted by Crippen LogP contribution is 2.17. The van der Waals surface area contributed by atoms with Gasteiger partial charge in [0.05, 0.1) is 7.11 Å². The minimum absolute atomic E-state index is 0.240. The van der Waals surface area contributed by atoms with E-state index in [-0.39, 0.29) is 11.8 Å². The molecule has 0 atom stereocenters. The van der Waals surface area contributed by atoms with Crippen LogP contribution in [0.25, 0.3) is 0 Å². The first-order valence-corrected chi connectivity index (χ1v) is 10.4. The van der Waals surface area contributed by atoms with Crippen LogP contribution in [0, 0.1) is 0 Å². The van der Waals surface area contributed by atoms with E-state index in [2.05, 4.69) is 21.5 Å². The fourth-order valence-corrected chi connectivity index (χ4v) is 3.52. The highest BCUT2D eigenvalue weighted by molar-refractivity contribution is 7.80. The van der Waals surface area contributed by atoms with Crippen LogP contribution in [0.15, 0.2) is 48.5 Å². The van der Waals surface area contributed by atoms with Crippen LogP contribution in [-0.4, -0.2) is 30.1 Å². The topological polar surface area (TPSA) is 91.5 Å². The molecule has 2 amide bonds. The van der Waals surface area contributed by atoms with Crippen LogP contribution in [0.2, 0.25) is 0 Å². The molecule has 0 bridgehead atoms. The number of hydrogen-bond acceptors (Lipinski definition) is 4. The third-order valence-corrected chi connectivity index (χ3v) is 5.21. The zero-order valence-electron chi connectivity index (χ0n) is 16.9. The second-order valence-electron chi connectivity index (χ2n) is 7.15. The Morgan fingerprint density at radius 2 is 1.47 bits per heavy atom. The Hall–Kier alpha value is -3.13. The van der Waals surface area contributed by atoms with E-state index in [1.165, 1.54) is 19.3 Å². The highest BCUT2D eigenvalue weighted by atomic mass is 32.1. The van der Waals surface area contributed by atoms with Crippen LogP contribution in [0.3, 0.4) is 0 Å². The highest BCUT2D eigenvalue weighted by Gasteiger charge is 2.14. The van der Waals surface area contributed by atoms with Gasteiger partial charge in [-0.05, 0) is 73.6 Å². The van der Waals surface area contributed by atoms with Gasteiger partial charge in [-0.3, -0.25) is 20.4 Å². The third kappa shape index (κ3) is 6.18. The number of amides is 2. The predicted octanol–water partition coefficient (Wildman–Crippen LogP) is 3.39.